The first-order valence-corrected chi connectivity index (χ1v) is 4.47. The highest BCUT2D eigenvalue weighted by Crippen LogP contribution is 2.28. The zero-order valence-corrected chi connectivity index (χ0v) is 8.88. The van der Waals surface area contributed by atoms with Gasteiger partial charge in [0.2, 0.25) is 0 Å². The van der Waals surface area contributed by atoms with Gasteiger partial charge in [0.15, 0.2) is 0 Å². The number of nitrogen functional groups attached to an aromatic ring is 1. The van der Waals surface area contributed by atoms with E-state index in [0.717, 1.165) is 12.1 Å². The minimum absolute atomic E-state index is 0.0321. The third kappa shape index (κ3) is 2.31. The smallest absolute Gasteiger partial charge is 0.293 e. The van der Waals surface area contributed by atoms with Crippen molar-refractivity contribution in [2.45, 2.75) is 0 Å². The topological polar surface area (TPSA) is 98.3 Å². The van der Waals surface area contributed by atoms with E-state index in [4.69, 9.17) is 17.3 Å². The number of carbonyl (C=O) groups is 1. The Morgan fingerprint density at radius 2 is 2.20 bits per heavy atom. The number of hydrogen-bond donors (Lipinski definition) is 3. The van der Waals surface area contributed by atoms with E-state index >= 15 is 0 Å². The number of thiol groups is 1. The lowest BCUT2D eigenvalue weighted by molar-refractivity contribution is -0.383. The number of nitrogens with two attached hydrogens (primary N) is 1. The van der Waals surface area contributed by atoms with E-state index in [1.54, 1.807) is 0 Å². The molecule has 80 valence electrons. The fraction of sp³-hybridized carbons (Fsp3) is 0. The molecular formula is C7H6ClN3O3S. The minimum atomic E-state index is -0.693. The fourth-order valence-electron chi connectivity index (χ4n) is 0.970. The average Bonchev–Trinajstić information content (AvgIpc) is 2.16. The summed E-state index contributed by atoms with van der Waals surface area (Å²) >= 11 is 9.21. The van der Waals surface area contributed by atoms with E-state index in [2.05, 4.69) is 12.8 Å². The third-order valence-corrected chi connectivity index (χ3v) is 2.18. The van der Waals surface area contributed by atoms with Gasteiger partial charge in [-0.25, -0.2) is 0 Å². The third-order valence-electron chi connectivity index (χ3n) is 1.66. The maximum atomic E-state index is 11.2. The summed E-state index contributed by atoms with van der Waals surface area (Å²) < 4.78 is 2.02. The highest BCUT2D eigenvalue weighted by atomic mass is 35.5. The molecule has 0 radical (unpaired) electrons. The molecule has 0 saturated carbocycles. The van der Waals surface area contributed by atoms with Crippen LogP contribution in [-0.4, -0.2) is 10.8 Å². The first-order valence-electron chi connectivity index (χ1n) is 3.65. The predicted octanol–water partition coefficient (Wildman–Crippen LogP) is 1.41. The molecule has 0 aliphatic heterocycles. The lowest BCUT2D eigenvalue weighted by atomic mass is 10.1. The van der Waals surface area contributed by atoms with Crippen molar-refractivity contribution in [2.75, 3.05) is 5.73 Å². The minimum Gasteiger partial charge on any atom is -0.393 e. The molecule has 0 fully saturated rings. The quantitative estimate of drug-likeness (QED) is 0.318. The number of hydrogen-bond acceptors (Lipinski definition) is 5. The zero-order chi connectivity index (χ0) is 11.6. The van der Waals surface area contributed by atoms with Crippen molar-refractivity contribution in [1.29, 1.82) is 0 Å². The van der Waals surface area contributed by atoms with Crippen LogP contribution in [0.1, 0.15) is 10.4 Å². The summed E-state index contributed by atoms with van der Waals surface area (Å²) in [6.45, 7) is 0. The summed E-state index contributed by atoms with van der Waals surface area (Å²) in [5, 5.41) is 10.6. The lowest BCUT2D eigenvalue weighted by Gasteiger charge is -2.03. The Hall–Kier alpha value is -1.47. The van der Waals surface area contributed by atoms with Gasteiger partial charge in [0.1, 0.15) is 5.69 Å². The molecule has 0 aromatic heterocycles. The molecular weight excluding hydrogens is 242 g/mol. The molecule has 1 amide bonds. The monoisotopic (exact) mass is 247 g/mol. The van der Waals surface area contributed by atoms with E-state index in [0.29, 0.717) is 0 Å². The number of nitrogens with one attached hydrogen (secondary N) is 1. The van der Waals surface area contributed by atoms with Crippen molar-refractivity contribution in [3.63, 3.8) is 0 Å². The maximum absolute atomic E-state index is 11.2. The fourth-order valence-corrected chi connectivity index (χ4v) is 1.35. The van der Waals surface area contributed by atoms with Crippen molar-refractivity contribution in [3.8, 4) is 0 Å². The number of halogens is 1. The van der Waals surface area contributed by atoms with Crippen LogP contribution in [0.15, 0.2) is 12.1 Å². The van der Waals surface area contributed by atoms with E-state index in [-0.39, 0.29) is 22.0 Å². The number of benzene rings is 1. The standard InChI is InChI=1S/C7H6ClN3O3S/c8-4-2-5(9)6(11(13)14)1-3(4)7(12)10-15/h1-2,15H,9H2,(H,10,12). The Balaban J connectivity index is 3.36. The summed E-state index contributed by atoms with van der Waals surface area (Å²) in [4.78, 5) is 21.0. The number of nitrogens with zero attached hydrogens (tertiary/aromatic N) is 1. The van der Waals surface area contributed by atoms with Gasteiger partial charge >= 0.3 is 0 Å². The SMILES string of the molecule is Nc1cc(Cl)c(C(=O)NS)cc1[N+](=O)[O-]. The van der Waals surface area contributed by atoms with Crippen LogP contribution in [0, 0.1) is 10.1 Å². The summed E-state index contributed by atoms with van der Waals surface area (Å²) in [7, 11) is 0. The number of rotatable bonds is 2. The van der Waals surface area contributed by atoms with Gasteiger partial charge in [-0.1, -0.05) is 24.4 Å². The van der Waals surface area contributed by atoms with Gasteiger partial charge in [0.05, 0.1) is 15.5 Å². The Bertz CT molecular complexity index is 438. The molecule has 1 rings (SSSR count). The van der Waals surface area contributed by atoms with Crippen molar-refractivity contribution < 1.29 is 9.72 Å². The van der Waals surface area contributed by atoms with Gasteiger partial charge in [0, 0.05) is 6.07 Å². The molecule has 0 bridgehead atoms. The molecule has 1 aromatic rings. The molecule has 0 saturated heterocycles. The van der Waals surface area contributed by atoms with Gasteiger partial charge < -0.3 is 5.73 Å². The highest BCUT2D eigenvalue weighted by Gasteiger charge is 2.18. The number of nitro groups is 1. The second-order valence-corrected chi connectivity index (χ2v) is 3.22. The first kappa shape index (κ1) is 11.6. The van der Waals surface area contributed by atoms with Crippen LogP contribution < -0.4 is 10.5 Å². The molecule has 0 heterocycles. The zero-order valence-electron chi connectivity index (χ0n) is 7.23. The molecule has 0 unspecified atom stereocenters. The maximum Gasteiger partial charge on any atom is 0.293 e. The van der Waals surface area contributed by atoms with Crippen LogP contribution in [0.4, 0.5) is 11.4 Å². The van der Waals surface area contributed by atoms with Crippen LogP contribution in [0.3, 0.4) is 0 Å². The molecule has 8 heteroatoms. The molecule has 15 heavy (non-hydrogen) atoms. The van der Waals surface area contributed by atoms with E-state index in [9.17, 15) is 14.9 Å². The van der Waals surface area contributed by atoms with Gasteiger partial charge in [-0.2, -0.15) is 0 Å². The molecule has 6 nitrogen and oxygen atoms in total. The van der Waals surface area contributed by atoms with Gasteiger partial charge in [-0.3, -0.25) is 19.6 Å². The summed E-state index contributed by atoms with van der Waals surface area (Å²) in [5.74, 6) is -0.633. The summed E-state index contributed by atoms with van der Waals surface area (Å²) in [6, 6.07) is 2.15. The second kappa shape index (κ2) is 4.37. The highest BCUT2D eigenvalue weighted by molar-refractivity contribution is 7.78. The largest absolute Gasteiger partial charge is 0.393 e. The molecule has 0 spiro atoms. The van der Waals surface area contributed by atoms with Gasteiger partial charge in [-0.05, 0) is 6.07 Å². The van der Waals surface area contributed by atoms with Crippen LogP contribution in [0.25, 0.3) is 0 Å². The number of amides is 1. The molecule has 3 N–H and O–H groups in total. The van der Waals surface area contributed by atoms with Crippen LogP contribution in [-0.2, 0) is 0 Å². The van der Waals surface area contributed by atoms with Crippen LogP contribution >= 0.6 is 24.4 Å². The van der Waals surface area contributed by atoms with Gasteiger partial charge in [0.25, 0.3) is 11.6 Å². The summed E-state index contributed by atoms with van der Waals surface area (Å²) in [5.41, 5.74) is 4.84. The molecule has 0 atom stereocenters. The lowest BCUT2D eigenvalue weighted by Crippen LogP contribution is -2.13. The molecule has 0 aliphatic carbocycles. The van der Waals surface area contributed by atoms with Crippen LogP contribution in [0.2, 0.25) is 5.02 Å². The first-order chi connectivity index (χ1) is 6.97. The Labute approximate surface area is 95.1 Å². The van der Waals surface area contributed by atoms with Crippen molar-refractivity contribution in [3.05, 3.63) is 32.8 Å². The van der Waals surface area contributed by atoms with E-state index < -0.39 is 10.8 Å². The Kier molecular flexibility index (Phi) is 3.38. The predicted molar refractivity (Wildman–Crippen MR) is 59.0 cm³/mol. The Morgan fingerprint density at radius 3 is 2.67 bits per heavy atom. The van der Waals surface area contributed by atoms with Crippen molar-refractivity contribution in [2.24, 2.45) is 0 Å². The number of anilines is 1. The van der Waals surface area contributed by atoms with E-state index in [1.165, 1.54) is 0 Å². The molecule has 0 aliphatic rings. The van der Waals surface area contributed by atoms with Gasteiger partial charge in [-0.15, -0.1) is 0 Å². The number of carbonyl (C=O) groups excluding carboxylic acids is 1. The normalized spacial score (nSPS) is 9.73. The van der Waals surface area contributed by atoms with Crippen molar-refractivity contribution in [1.82, 2.24) is 4.72 Å². The second-order valence-electron chi connectivity index (χ2n) is 2.59. The van der Waals surface area contributed by atoms with Crippen LogP contribution in [0.5, 0.6) is 0 Å². The van der Waals surface area contributed by atoms with Crippen molar-refractivity contribution >= 4 is 41.7 Å². The summed E-state index contributed by atoms with van der Waals surface area (Å²) in [6.07, 6.45) is 0. The molecule has 1 aromatic carbocycles. The number of nitro benzene ring substituents is 1. The average molecular weight is 248 g/mol. The Morgan fingerprint density at radius 1 is 1.60 bits per heavy atom. The van der Waals surface area contributed by atoms with E-state index in [1.807, 2.05) is 4.72 Å².